The number of carbonyl (C=O) groups excluding carboxylic acids is 1. The largest absolute Gasteiger partial charge is 0.348 e. The third-order valence-electron chi connectivity index (χ3n) is 3.43. The molecule has 1 aromatic carbocycles. The van der Waals surface area contributed by atoms with Crippen molar-refractivity contribution in [2.45, 2.75) is 38.3 Å². The molecule has 0 bridgehead atoms. The van der Waals surface area contributed by atoms with Gasteiger partial charge in [0, 0.05) is 0 Å². The molecule has 1 aliphatic rings. The molecule has 6 heteroatoms. The van der Waals surface area contributed by atoms with Crippen molar-refractivity contribution < 1.29 is 13.6 Å². The maximum absolute atomic E-state index is 13.1. The maximum Gasteiger partial charge on any atom is 0.237 e. The fourth-order valence-corrected chi connectivity index (χ4v) is 2.25. The minimum absolute atomic E-state index is 0. The summed E-state index contributed by atoms with van der Waals surface area (Å²) in [4.78, 5) is 12.0. The van der Waals surface area contributed by atoms with E-state index in [1.54, 1.807) is 6.92 Å². The second-order valence-corrected chi connectivity index (χ2v) is 4.91. The van der Waals surface area contributed by atoms with Crippen LogP contribution in [0.25, 0.3) is 0 Å². The fourth-order valence-electron chi connectivity index (χ4n) is 2.25. The summed E-state index contributed by atoms with van der Waals surface area (Å²) in [5, 5.41) is 5.97. The minimum atomic E-state index is -0.894. The Bertz CT molecular complexity index is 464. The second kappa shape index (κ2) is 7.55. The Labute approximate surface area is 123 Å². The molecule has 1 heterocycles. The molecular formula is C14H19ClF2N2O. The zero-order chi connectivity index (χ0) is 13.8. The highest BCUT2D eigenvalue weighted by molar-refractivity contribution is 5.85. The van der Waals surface area contributed by atoms with Crippen molar-refractivity contribution in [2.24, 2.45) is 0 Å². The highest BCUT2D eigenvalue weighted by Crippen LogP contribution is 2.16. The van der Waals surface area contributed by atoms with Crippen molar-refractivity contribution in [3.8, 4) is 0 Å². The van der Waals surface area contributed by atoms with Gasteiger partial charge >= 0.3 is 0 Å². The van der Waals surface area contributed by atoms with E-state index < -0.39 is 11.6 Å². The van der Waals surface area contributed by atoms with Crippen molar-refractivity contribution >= 4 is 18.3 Å². The summed E-state index contributed by atoms with van der Waals surface area (Å²) in [5.74, 6) is -1.86. The first-order valence-electron chi connectivity index (χ1n) is 6.56. The first kappa shape index (κ1) is 16.9. The minimum Gasteiger partial charge on any atom is -0.348 e. The Morgan fingerprint density at radius 2 is 2.10 bits per heavy atom. The zero-order valence-corrected chi connectivity index (χ0v) is 12.1. The van der Waals surface area contributed by atoms with Crippen molar-refractivity contribution in [3.63, 3.8) is 0 Å². The number of hydrogen-bond acceptors (Lipinski definition) is 2. The summed E-state index contributed by atoms with van der Waals surface area (Å²) in [5.41, 5.74) is 0.558. The zero-order valence-electron chi connectivity index (χ0n) is 11.3. The number of carbonyl (C=O) groups is 1. The third-order valence-corrected chi connectivity index (χ3v) is 3.43. The molecule has 112 valence electrons. The average molecular weight is 305 g/mol. The van der Waals surface area contributed by atoms with Crippen LogP contribution >= 0.6 is 12.4 Å². The number of hydrogen-bond donors (Lipinski definition) is 2. The Hall–Kier alpha value is -1.20. The molecule has 0 radical (unpaired) electrons. The van der Waals surface area contributed by atoms with Gasteiger partial charge in [-0.25, -0.2) is 8.78 Å². The lowest BCUT2D eigenvalue weighted by Gasteiger charge is -2.24. The van der Waals surface area contributed by atoms with Gasteiger partial charge in [0.25, 0.3) is 0 Å². The number of nitrogens with one attached hydrogen (secondary N) is 2. The standard InChI is InChI=1S/C14H18F2N2O.ClH/c1-9(10-5-6-11(15)12(16)8-10)18-14(19)13-4-2-3-7-17-13;/h5-6,8-9,13,17H,2-4,7H2,1H3,(H,18,19);1H/t9?,13-;/m0./s1. The van der Waals surface area contributed by atoms with Crippen LogP contribution < -0.4 is 10.6 Å². The Morgan fingerprint density at radius 3 is 2.70 bits per heavy atom. The summed E-state index contributed by atoms with van der Waals surface area (Å²) in [7, 11) is 0. The van der Waals surface area contributed by atoms with E-state index in [9.17, 15) is 13.6 Å². The van der Waals surface area contributed by atoms with E-state index >= 15 is 0 Å². The van der Waals surface area contributed by atoms with Gasteiger partial charge in [0.1, 0.15) is 0 Å². The van der Waals surface area contributed by atoms with Gasteiger partial charge in [-0.05, 0) is 44.0 Å². The molecule has 3 nitrogen and oxygen atoms in total. The normalized spacial score (nSPS) is 19.9. The van der Waals surface area contributed by atoms with Crippen LogP contribution in [0, 0.1) is 11.6 Å². The van der Waals surface area contributed by atoms with Crippen molar-refractivity contribution in [1.29, 1.82) is 0 Å². The predicted octanol–water partition coefficient (Wildman–Crippen LogP) is 2.71. The van der Waals surface area contributed by atoms with Crippen molar-refractivity contribution in [3.05, 3.63) is 35.4 Å². The highest BCUT2D eigenvalue weighted by Gasteiger charge is 2.22. The molecule has 2 N–H and O–H groups in total. The summed E-state index contributed by atoms with van der Waals surface area (Å²) in [6.07, 6.45) is 2.93. The van der Waals surface area contributed by atoms with E-state index in [4.69, 9.17) is 0 Å². The van der Waals surface area contributed by atoms with E-state index in [0.717, 1.165) is 37.9 Å². The molecule has 1 aromatic rings. The molecule has 0 spiro atoms. The Kier molecular flexibility index (Phi) is 6.36. The molecule has 1 amide bonds. The summed E-state index contributed by atoms with van der Waals surface area (Å²) < 4.78 is 26.0. The number of piperidine rings is 1. The van der Waals surface area contributed by atoms with Crippen LogP contribution in [0.3, 0.4) is 0 Å². The topological polar surface area (TPSA) is 41.1 Å². The monoisotopic (exact) mass is 304 g/mol. The smallest absolute Gasteiger partial charge is 0.237 e. The van der Waals surface area contributed by atoms with Gasteiger partial charge in [0.2, 0.25) is 5.91 Å². The number of rotatable bonds is 3. The van der Waals surface area contributed by atoms with Crippen LogP contribution in [-0.4, -0.2) is 18.5 Å². The van der Waals surface area contributed by atoms with Crippen LogP contribution in [0.2, 0.25) is 0 Å². The fraction of sp³-hybridized carbons (Fsp3) is 0.500. The Balaban J connectivity index is 0.00000200. The molecule has 0 aromatic heterocycles. The molecule has 0 aliphatic carbocycles. The lowest BCUT2D eigenvalue weighted by Crippen LogP contribution is -2.47. The van der Waals surface area contributed by atoms with Gasteiger partial charge < -0.3 is 10.6 Å². The molecule has 1 unspecified atom stereocenters. The lowest BCUT2D eigenvalue weighted by molar-refractivity contribution is -0.124. The SMILES string of the molecule is CC(NC(=O)[C@@H]1CCCCN1)c1ccc(F)c(F)c1.Cl. The molecule has 1 aliphatic heterocycles. The van der Waals surface area contributed by atoms with Crippen molar-refractivity contribution in [1.82, 2.24) is 10.6 Å². The average Bonchev–Trinajstić information content (AvgIpc) is 2.42. The van der Waals surface area contributed by atoms with E-state index in [1.165, 1.54) is 6.07 Å². The molecule has 0 saturated carbocycles. The molecule has 1 saturated heterocycles. The van der Waals surface area contributed by atoms with Crippen molar-refractivity contribution in [2.75, 3.05) is 6.54 Å². The number of amides is 1. The van der Waals surface area contributed by atoms with Crippen LogP contribution in [0.1, 0.15) is 37.8 Å². The van der Waals surface area contributed by atoms with E-state index in [2.05, 4.69) is 10.6 Å². The first-order chi connectivity index (χ1) is 9.08. The van der Waals surface area contributed by atoms with Gasteiger partial charge in [0.05, 0.1) is 12.1 Å². The summed E-state index contributed by atoms with van der Waals surface area (Å²) >= 11 is 0. The van der Waals surface area contributed by atoms with E-state index in [0.29, 0.717) is 5.56 Å². The summed E-state index contributed by atoms with van der Waals surface area (Å²) in [6.45, 7) is 2.60. The molecule has 20 heavy (non-hydrogen) atoms. The lowest BCUT2D eigenvalue weighted by atomic mass is 10.0. The van der Waals surface area contributed by atoms with Gasteiger partial charge in [-0.15, -0.1) is 12.4 Å². The number of halogens is 3. The van der Waals surface area contributed by atoms with Crippen LogP contribution in [0.5, 0.6) is 0 Å². The Morgan fingerprint density at radius 1 is 1.35 bits per heavy atom. The second-order valence-electron chi connectivity index (χ2n) is 4.91. The third kappa shape index (κ3) is 4.15. The first-order valence-corrected chi connectivity index (χ1v) is 6.56. The molecule has 1 fully saturated rings. The van der Waals surface area contributed by atoms with Gasteiger partial charge in [0.15, 0.2) is 11.6 Å². The van der Waals surface area contributed by atoms with Crippen LogP contribution in [-0.2, 0) is 4.79 Å². The molecular weight excluding hydrogens is 286 g/mol. The molecule has 2 atom stereocenters. The summed E-state index contributed by atoms with van der Waals surface area (Å²) in [6, 6.07) is 3.16. The van der Waals surface area contributed by atoms with Gasteiger partial charge in [-0.3, -0.25) is 4.79 Å². The highest BCUT2D eigenvalue weighted by atomic mass is 35.5. The molecule has 2 rings (SSSR count). The quantitative estimate of drug-likeness (QED) is 0.901. The predicted molar refractivity (Wildman–Crippen MR) is 75.8 cm³/mol. The van der Waals surface area contributed by atoms with Gasteiger partial charge in [-0.2, -0.15) is 0 Å². The number of benzene rings is 1. The van der Waals surface area contributed by atoms with E-state index in [1.807, 2.05) is 0 Å². The van der Waals surface area contributed by atoms with Crippen LogP contribution in [0.15, 0.2) is 18.2 Å². The van der Waals surface area contributed by atoms with E-state index in [-0.39, 0.29) is 30.4 Å². The maximum atomic E-state index is 13.1. The van der Waals surface area contributed by atoms with Gasteiger partial charge in [-0.1, -0.05) is 12.5 Å². The van der Waals surface area contributed by atoms with Crippen LogP contribution in [0.4, 0.5) is 8.78 Å².